The highest BCUT2D eigenvalue weighted by atomic mass is 14.9. The first-order valence-corrected chi connectivity index (χ1v) is 6.01. The maximum Gasteiger partial charge on any atom is 0.107 e. The van der Waals surface area contributed by atoms with Crippen molar-refractivity contribution in [2.75, 3.05) is 6.54 Å². The number of hydrogen-bond acceptors (Lipinski definition) is 2. The third-order valence-electron chi connectivity index (χ3n) is 2.91. The molecule has 2 N–H and O–H groups in total. The van der Waals surface area contributed by atoms with Crippen LogP contribution in [0.15, 0.2) is 30.6 Å². The molecule has 0 aliphatic rings. The largest absolute Gasteiger partial charge is 0.349 e. The number of H-pyrrole nitrogens is 1. The molecule has 0 saturated heterocycles. The summed E-state index contributed by atoms with van der Waals surface area (Å²) in [7, 11) is 0. The number of rotatable bonds is 5. The van der Waals surface area contributed by atoms with Crippen LogP contribution in [-0.2, 0) is 13.0 Å². The summed E-state index contributed by atoms with van der Waals surface area (Å²) in [6.45, 7) is 6.16. The predicted molar refractivity (Wildman–Crippen MR) is 69.9 cm³/mol. The Morgan fingerprint density at radius 2 is 2.18 bits per heavy atom. The van der Waals surface area contributed by atoms with E-state index in [1.165, 1.54) is 16.7 Å². The van der Waals surface area contributed by atoms with Crippen molar-refractivity contribution in [2.45, 2.75) is 26.8 Å². The van der Waals surface area contributed by atoms with Crippen LogP contribution in [0.25, 0.3) is 0 Å². The quantitative estimate of drug-likeness (QED) is 0.773. The summed E-state index contributed by atoms with van der Waals surface area (Å²) in [6, 6.07) is 6.58. The minimum Gasteiger partial charge on any atom is -0.349 e. The smallest absolute Gasteiger partial charge is 0.107 e. The van der Waals surface area contributed by atoms with Gasteiger partial charge in [0.2, 0.25) is 0 Å². The van der Waals surface area contributed by atoms with Crippen LogP contribution < -0.4 is 5.32 Å². The molecule has 0 aliphatic heterocycles. The van der Waals surface area contributed by atoms with Crippen molar-refractivity contribution in [1.29, 1.82) is 0 Å². The number of benzene rings is 1. The molecule has 0 fully saturated rings. The van der Waals surface area contributed by atoms with Crippen LogP contribution in [-0.4, -0.2) is 16.5 Å². The lowest BCUT2D eigenvalue weighted by Crippen LogP contribution is -2.17. The van der Waals surface area contributed by atoms with Gasteiger partial charge in [-0.2, -0.15) is 0 Å². The second-order valence-corrected chi connectivity index (χ2v) is 4.39. The van der Waals surface area contributed by atoms with Crippen molar-refractivity contribution in [3.8, 4) is 0 Å². The summed E-state index contributed by atoms with van der Waals surface area (Å²) in [6.07, 6.45) is 4.60. The zero-order valence-electron chi connectivity index (χ0n) is 10.5. The number of hydrogen-bond donors (Lipinski definition) is 2. The van der Waals surface area contributed by atoms with Gasteiger partial charge in [0, 0.05) is 31.9 Å². The third-order valence-corrected chi connectivity index (χ3v) is 2.91. The van der Waals surface area contributed by atoms with Crippen molar-refractivity contribution in [3.05, 3.63) is 53.1 Å². The average molecular weight is 229 g/mol. The van der Waals surface area contributed by atoms with Crippen LogP contribution >= 0.6 is 0 Å². The second-order valence-electron chi connectivity index (χ2n) is 4.39. The summed E-state index contributed by atoms with van der Waals surface area (Å²) in [4.78, 5) is 7.30. The lowest BCUT2D eigenvalue weighted by molar-refractivity contribution is 0.671. The molecule has 0 amide bonds. The first-order chi connectivity index (χ1) is 8.25. The normalized spacial score (nSPS) is 10.7. The number of nitrogens with zero attached hydrogens (tertiary/aromatic N) is 1. The van der Waals surface area contributed by atoms with Gasteiger partial charge in [0.15, 0.2) is 0 Å². The summed E-state index contributed by atoms with van der Waals surface area (Å²) < 4.78 is 0. The Bertz CT molecular complexity index is 460. The number of aromatic nitrogens is 2. The van der Waals surface area contributed by atoms with Gasteiger partial charge >= 0.3 is 0 Å². The van der Waals surface area contributed by atoms with E-state index in [-0.39, 0.29) is 0 Å². The Balaban J connectivity index is 1.80. The SMILES string of the molecule is Cc1ccc(C)c(CNCCc2ncc[nH]2)c1. The molecule has 3 nitrogen and oxygen atoms in total. The topological polar surface area (TPSA) is 40.7 Å². The first-order valence-electron chi connectivity index (χ1n) is 6.01. The molecule has 2 aromatic rings. The zero-order chi connectivity index (χ0) is 12.1. The summed E-state index contributed by atoms with van der Waals surface area (Å²) >= 11 is 0. The van der Waals surface area contributed by atoms with Gasteiger partial charge in [0.25, 0.3) is 0 Å². The highest BCUT2D eigenvalue weighted by molar-refractivity contribution is 5.30. The Labute approximate surface area is 102 Å². The molecule has 1 heterocycles. The van der Waals surface area contributed by atoms with Gasteiger partial charge < -0.3 is 10.3 Å². The second kappa shape index (κ2) is 5.64. The van der Waals surface area contributed by atoms with Gasteiger partial charge in [-0.3, -0.25) is 0 Å². The van der Waals surface area contributed by atoms with E-state index >= 15 is 0 Å². The van der Waals surface area contributed by atoms with Gasteiger partial charge in [0.05, 0.1) is 0 Å². The monoisotopic (exact) mass is 229 g/mol. The zero-order valence-corrected chi connectivity index (χ0v) is 10.5. The standard InChI is InChI=1S/C14H19N3/c1-11-3-4-12(2)13(9-11)10-15-6-5-14-16-7-8-17-14/h3-4,7-9,15H,5-6,10H2,1-2H3,(H,16,17). The molecule has 0 aliphatic carbocycles. The molecule has 0 radical (unpaired) electrons. The number of aryl methyl sites for hydroxylation is 2. The lowest BCUT2D eigenvalue weighted by atomic mass is 10.1. The molecule has 3 heteroatoms. The molecule has 0 saturated carbocycles. The Morgan fingerprint density at radius 1 is 1.29 bits per heavy atom. The van der Waals surface area contributed by atoms with Crippen LogP contribution in [0.5, 0.6) is 0 Å². The van der Waals surface area contributed by atoms with Crippen LogP contribution in [0.3, 0.4) is 0 Å². The van der Waals surface area contributed by atoms with Gasteiger partial charge in [-0.05, 0) is 25.0 Å². The van der Waals surface area contributed by atoms with Crippen LogP contribution in [0.4, 0.5) is 0 Å². The molecule has 1 aromatic carbocycles. The van der Waals surface area contributed by atoms with Crippen molar-refractivity contribution in [3.63, 3.8) is 0 Å². The Hall–Kier alpha value is -1.61. The molecule has 0 bridgehead atoms. The van der Waals surface area contributed by atoms with Gasteiger partial charge in [-0.25, -0.2) is 4.98 Å². The fraction of sp³-hybridized carbons (Fsp3) is 0.357. The molecule has 1 aromatic heterocycles. The lowest BCUT2D eigenvalue weighted by Gasteiger charge is -2.08. The van der Waals surface area contributed by atoms with Gasteiger partial charge in [0.1, 0.15) is 5.82 Å². The van der Waals surface area contributed by atoms with E-state index in [0.717, 1.165) is 25.3 Å². The average Bonchev–Trinajstić information content (AvgIpc) is 2.82. The van der Waals surface area contributed by atoms with Gasteiger partial charge in [-0.1, -0.05) is 23.8 Å². The third kappa shape index (κ3) is 3.43. The first kappa shape index (κ1) is 11.9. The number of imidazole rings is 1. The van der Waals surface area contributed by atoms with E-state index in [9.17, 15) is 0 Å². The van der Waals surface area contributed by atoms with Crippen LogP contribution in [0.2, 0.25) is 0 Å². The molecule has 0 unspecified atom stereocenters. The fourth-order valence-electron chi connectivity index (χ4n) is 1.86. The van der Waals surface area contributed by atoms with E-state index in [1.54, 1.807) is 6.20 Å². The van der Waals surface area contributed by atoms with E-state index in [0.29, 0.717) is 0 Å². The van der Waals surface area contributed by atoms with E-state index in [4.69, 9.17) is 0 Å². The number of aromatic amines is 1. The summed E-state index contributed by atoms with van der Waals surface area (Å²) in [5.41, 5.74) is 4.05. The number of nitrogens with one attached hydrogen (secondary N) is 2. The van der Waals surface area contributed by atoms with Crippen LogP contribution in [0.1, 0.15) is 22.5 Å². The Kier molecular flexibility index (Phi) is 3.94. The highest BCUT2D eigenvalue weighted by Crippen LogP contribution is 2.09. The molecule has 0 atom stereocenters. The molecule has 90 valence electrons. The minimum absolute atomic E-state index is 0.925. The molecular weight excluding hydrogens is 210 g/mol. The predicted octanol–water partition coefficient (Wildman–Crippen LogP) is 2.36. The summed E-state index contributed by atoms with van der Waals surface area (Å²) in [5.74, 6) is 1.04. The molecule has 2 rings (SSSR count). The fourth-order valence-corrected chi connectivity index (χ4v) is 1.86. The molecular formula is C14H19N3. The maximum atomic E-state index is 4.20. The Morgan fingerprint density at radius 3 is 2.94 bits per heavy atom. The van der Waals surface area contributed by atoms with Crippen molar-refractivity contribution in [1.82, 2.24) is 15.3 Å². The van der Waals surface area contributed by atoms with Crippen molar-refractivity contribution < 1.29 is 0 Å². The molecule has 17 heavy (non-hydrogen) atoms. The maximum absolute atomic E-state index is 4.20. The van der Waals surface area contributed by atoms with Gasteiger partial charge in [-0.15, -0.1) is 0 Å². The minimum atomic E-state index is 0.925. The highest BCUT2D eigenvalue weighted by Gasteiger charge is 1.99. The van der Waals surface area contributed by atoms with E-state index < -0.39 is 0 Å². The summed E-state index contributed by atoms with van der Waals surface area (Å²) in [5, 5.41) is 3.45. The molecule has 0 spiro atoms. The van der Waals surface area contributed by atoms with E-state index in [2.05, 4.69) is 47.3 Å². The van der Waals surface area contributed by atoms with Crippen LogP contribution in [0, 0.1) is 13.8 Å². The van der Waals surface area contributed by atoms with Crippen molar-refractivity contribution >= 4 is 0 Å². The van der Waals surface area contributed by atoms with E-state index in [1.807, 2.05) is 6.20 Å². The van der Waals surface area contributed by atoms with Crippen molar-refractivity contribution in [2.24, 2.45) is 0 Å².